The van der Waals surface area contributed by atoms with Crippen molar-refractivity contribution in [3.05, 3.63) is 82.9 Å². The predicted octanol–water partition coefficient (Wildman–Crippen LogP) is 6.32. The maximum absolute atomic E-state index is 14.1. The molecule has 1 fully saturated rings. The number of carbonyl (C=O) groups excluding carboxylic acids is 1. The second kappa shape index (κ2) is 12.4. The molecular weight excluding hydrogens is 490 g/mol. The Kier molecular flexibility index (Phi) is 8.52. The van der Waals surface area contributed by atoms with Gasteiger partial charge in [0, 0.05) is 17.7 Å². The molecule has 0 N–H and O–H groups in total. The van der Waals surface area contributed by atoms with Gasteiger partial charge in [-0.25, -0.2) is 0 Å². The monoisotopic (exact) mass is 527 g/mol. The van der Waals surface area contributed by atoms with Gasteiger partial charge in [-0.3, -0.25) is 9.69 Å². The van der Waals surface area contributed by atoms with Gasteiger partial charge in [-0.15, -0.1) is 0 Å². The number of rotatable bonds is 10. The van der Waals surface area contributed by atoms with Crippen LogP contribution in [0.1, 0.15) is 52.7 Å². The Morgan fingerprint density at radius 2 is 1.51 bits per heavy atom. The summed E-state index contributed by atoms with van der Waals surface area (Å²) in [5.74, 6) is 2.87. The van der Waals surface area contributed by atoms with Crippen molar-refractivity contribution in [3.8, 4) is 23.0 Å². The Bertz CT molecular complexity index is 1340. The van der Waals surface area contributed by atoms with Crippen LogP contribution in [0, 0.1) is 0 Å². The molecule has 5 rings (SSSR count). The maximum Gasteiger partial charge on any atom is 0.193 e. The van der Waals surface area contributed by atoms with Crippen LogP contribution in [0.15, 0.2) is 60.7 Å². The number of likely N-dealkylation sites (tertiary alicyclic amines) is 1. The minimum absolute atomic E-state index is 0.00855. The molecule has 39 heavy (non-hydrogen) atoms. The van der Waals surface area contributed by atoms with E-state index < -0.39 is 0 Å². The number of ketones is 1. The lowest BCUT2D eigenvalue weighted by Crippen LogP contribution is -2.33. The smallest absolute Gasteiger partial charge is 0.193 e. The lowest BCUT2D eigenvalue weighted by Gasteiger charge is -2.26. The van der Waals surface area contributed by atoms with E-state index in [2.05, 4.69) is 4.90 Å². The molecule has 1 heterocycles. The molecule has 0 amide bonds. The molecule has 3 aromatic carbocycles. The van der Waals surface area contributed by atoms with Gasteiger partial charge in [0.05, 0.1) is 21.3 Å². The first-order chi connectivity index (χ1) is 19.1. The first kappa shape index (κ1) is 26.8. The fraction of sp³-hybridized carbons (Fsp3) is 0.364. The second-order valence-electron chi connectivity index (χ2n) is 10.1. The molecule has 6 nitrogen and oxygen atoms in total. The van der Waals surface area contributed by atoms with Gasteiger partial charge in [0.2, 0.25) is 0 Å². The highest BCUT2D eigenvalue weighted by molar-refractivity contribution is 6.35. The lowest BCUT2D eigenvalue weighted by atomic mass is 9.79. The summed E-state index contributed by atoms with van der Waals surface area (Å²) in [6.45, 7) is 3.89. The van der Waals surface area contributed by atoms with Gasteiger partial charge in [-0.2, -0.15) is 0 Å². The minimum atomic E-state index is -0.00855. The topological polar surface area (TPSA) is 57.2 Å². The summed E-state index contributed by atoms with van der Waals surface area (Å²) in [7, 11) is 4.91. The number of piperidine rings is 1. The molecule has 3 aromatic rings. The molecule has 6 heteroatoms. The van der Waals surface area contributed by atoms with Crippen molar-refractivity contribution in [2.75, 3.05) is 47.6 Å². The molecule has 1 saturated heterocycles. The molecule has 2 aliphatic rings. The van der Waals surface area contributed by atoms with E-state index in [4.69, 9.17) is 18.9 Å². The quantitative estimate of drug-likeness (QED) is 0.288. The Balaban J connectivity index is 1.44. The number of carbonyl (C=O) groups is 1. The number of Topliss-reactive ketones (excluding diaryl/α,β-unsaturated/α-hetero) is 1. The third-order valence-corrected chi connectivity index (χ3v) is 7.73. The molecule has 1 aliphatic carbocycles. The minimum Gasteiger partial charge on any atom is -0.497 e. The van der Waals surface area contributed by atoms with E-state index in [1.807, 2.05) is 60.7 Å². The van der Waals surface area contributed by atoms with E-state index in [0.717, 1.165) is 66.2 Å². The molecule has 0 radical (unpaired) electrons. The van der Waals surface area contributed by atoms with E-state index in [9.17, 15) is 4.79 Å². The van der Waals surface area contributed by atoms with Crippen LogP contribution in [-0.2, 0) is 6.42 Å². The van der Waals surface area contributed by atoms with Crippen molar-refractivity contribution in [2.24, 2.45) is 0 Å². The normalized spacial score (nSPS) is 15.5. The standard InChI is InChI=1S/C33H37NO5/c1-36-27-13-15-29-24(21-27)9-14-28(25-10-16-30(37-2)31(22-25)38-3)32(29)33(35)23-7-11-26(12-8-23)39-20-19-34-17-5-4-6-18-34/h7-8,10-13,15-16,21-22H,4-6,9,14,17-20H2,1-3H3. The summed E-state index contributed by atoms with van der Waals surface area (Å²) >= 11 is 0. The number of allylic oxidation sites excluding steroid dienone is 2. The number of hydrogen-bond acceptors (Lipinski definition) is 6. The van der Waals surface area contributed by atoms with E-state index in [1.54, 1.807) is 21.3 Å². The van der Waals surface area contributed by atoms with E-state index >= 15 is 0 Å². The van der Waals surface area contributed by atoms with Crippen LogP contribution >= 0.6 is 0 Å². The summed E-state index contributed by atoms with van der Waals surface area (Å²) < 4.78 is 22.5. The zero-order valence-corrected chi connectivity index (χ0v) is 23.1. The molecule has 0 saturated carbocycles. The third kappa shape index (κ3) is 5.96. The number of ether oxygens (including phenoxy) is 4. The van der Waals surface area contributed by atoms with Crippen molar-refractivity contribution in [2.45, 2.75) is 32.1 Å². The van der Waals surface area contributed by atoms with Crippen LogP contribution in [-0.4, -0.2) is 58.3 Å². The molecule has 0 spiro atoms. The van der Waals surface area contributed by atoms with Crippen LogP contribution in [0.2, 0.25) is 0 Å². The van der Waals surface area contributed by atoms with Crippen molar-refractivity contribution in [1.82, 2.24) is 4.90 Å². The van der Waals surface area contributed by atoms with Gasteiger partial charge in [-0.05, 0) is 110 Å². The van der Waals surface area contributed by atoms with Gasteiger partial charge >= 0.3 is 0 Å². The van der Waals surface area contributed by atoms with E-state index in [0.29, 0.717) is 29.2 Å². The Labute approximate surface area is 231 Å². The fourth-order valence-electron chi connectivity index (χ4n) is 5.59. The van der Waals surface area contributed by atoms with Crippen molar-refractivity contribution >= 4 is 16.9 Å². The summed E-state index contributed by atoms with van der Waals surface area (Å²) in [5, 5.41) is 0. The first-order valence-electron chi connectivity index (χ1n) is 13.7. The highest BCUT2D eigenvalue weighted by Crippen LogP contribution is 2.42. The zero-order chi connectivity index (χ0) is 27.2. The average Bonchev–Trinajstić information content (AvgIpc) is 3.00. The van der Waals surface area contributed by atoms with Gasteiger partial charge in [0.25, 0.3) is 0 Å². The molecule has 0 bridgehead atoms. The van der Waals surface area contributed by atoms with Crippen LogP contribution in [0.4, 0.5) is 0 Å². The molecule has 0 atom stereocenters. The van der Waals surface area contributed by atoms with Gasteiger partial charge < -0.3 is 18.9 Å². The molecule has 204 valence electrons. The molecule has 1 aliphatic heterocycles. The van der Waals surface area contributed by atoms with Crippen LogP contribution in [0.3, 0.4) is 0 Å². The lowest BCUT2D eigenvalue weighted by molar-refractivity contribution is 0.105. The average molecular weight is 528 g/mol. The Morgan fingerprint density at radius 1 is 0.769 bits per heavy atom. The highest BCUT2D eigenvalue weighted by atomic mass is 16.5. The van der Waals surface area contributed by atoms with Gasteiger partial charge in [0.15, 0.2) is 17.3 Å². The number of fused-ring (bicyclic) bond motifs is 1. The Morgan fingerprint density at radius 3 is 2.23 bits per heavy atom. The largest absolute Gasteiger partial charge is 0.497 e. The fourth-order valence-corrected chi connectivity index (χ4v) is 5.59. The zero-order valence-electron chi connectivity index (χ0n) is 23.1. The summed E-state index contributed by atoms with van der Waals surface area (Å²) in [6.07, 6.45) is 5.42. The Hall–Kier alpha value is -3.77. The summed E-state index contributed by atoms with van der Waals surface area (Å²) in [5.41, 5.74) is 5.36. The maximum atomic E-state index is 14.1. The summed E-state index contributed by atoms with van der Waals surface area (Å²) in [6, 6.07) is 19.3. The van der Waals surface area contributed by atoms with Crippen LogP contribution in [0.5, 0.6) is 23.0 Å². The molecular formula is C33H37NO5. The SMILES string of the molecule is COc1ccc2c(c1)CCC(c1ccc(OC)c(OC)c1)=C2C(=O)c1ccc(OCCN2CCCCC2)cc1. The van der Waals surface area contributed by atoms with Crippen molar-refractivity contribution < 1.29 is 23.7 Å². The van der Waals surface area contributed by atoms with Crippen LogP contribution < -0.4 is 18.9 Å². The molecule has 0 aromatic heterocycles. The number of benzene rings is 3. The molecule has 0 unspecified atom stereocenters. The highest BCUT2D eigenvalue weighted by Gasteiger charge is 2.27. The number of aryl methyl sites for hydroxylation is 1. The van der Waals surface area contributed by atoms with Crippen LogP contribution in [0.25, 0.3) is 11.1 Å². The van der Waals surface area contributed by atoms with Crippen molar-refractivity contribution in [3.63, 3.8) is 0 Å². The predicted molar refractivity (Wildman–Crippen MR) is 154 cm³/mol. The van der Waals surface area contributed by atoms with Crippen molar-refractivity contribution in [1.29, 1.82) is 0 Å². The number of methoxy groups -OCH3 is 3. The second-order valence-corrected chi connectivity index (χ2v) is 10.1. The van der Waals surface area contributed by atoms with Gasteiger partial charge in [-0.1, -0.05) is 18.6 Å². The summed E-state index contributed by atoms with van der Waals surface area (Å²) in [4.78, 5) is 16.6. The third-order valence-electron chi connectivity index (χ3n) is 7.73. The van der Waals surface area contributed by atoms with Gasteiger partial charge in [0.1, 0.15) is 18.1 Å². The van der Waals surface area contributed by atoms with E-state index in [-0.39, 0.29) is 5.78 Å². The number of nitrogens with zero attached hydrogens (tertiary/aromatic N) is 1. The first-order valence-corrected chi connectivity index (χ1v) is 13.7. The van der Waals surface area contributed by atoms with E-state index in [1.165, 1.54) is 19.3 Å². The number of hydrogen-bond donors (Lipinski definition) is 0.